The molecule has 0 unspecified atom stereocenters. The van der Waals surface area contributed by atoms with Crippen LogP contribution >= 0.6 is 0 Å². The number of aryl methyl sites for hydroxylation is 1. The molecule has 25 heavy (non-hydrogen) atoms. The minimum Gasteiger partial charge on any atom is -0.436 e. The van der Waals surface area contributed by atoms with E-state index >= 15 is 0 Å². The van der Waals surface area contributed by atoms with Crippen molar-refractivity contribution in [2.45, 2.75) is 13.3 Å². The van der Waals surface area contributed by atoms with Crippen LogP contribution in [-0.4, -0.2) is 23.3 Å². The first kappa shape index (κ1) is 15.4. The zero-order valence-electron chi connectivity index (χ0n) is 13.7. The summed E-state index contributed by atoms with van der Waals surface area (Å²) in [7, 11) is 0. The monoisotopic (exact) mass is 335 g/mol. The maximum Gasteiger partial charge on any atom is 0.227 e. The van der Waals surface area contributed by atoms with Crippen LogP contribution in [0.2, 0.25) is 0 Å². The third-order valence-electron chi connectivity index (χ3n) is 4.51. The van der Waals surface area contributed by atoms with Crippen molar-refractivity contribution in [3.05, 3.63) is 48.0 Å². The standard InChI is InChI=1S/C19H17N3O3/c1-11-2-4-12(5-3-11)19-21-15-9-14(6-7-16(15)25-19)22-10-13(18(20)24)8-17(22)23/h2-7,9,13H,8,10H2,1H3,(H2,20,24)/t13-/m1/s1. The Bertz CT molecular complexity index is 975. The topological polar surface area (TPSA) is 89.4 Å². The number of carbonyl (C=O) groups excluding carboxylic acids is 2. The number of carbonyl (C=O) groups is 2. The number of oxazole rings is 1. The van der Waals surface area contributed by atoms with E-state index in [4.69, 9.17) is 10.2 Å². The minimum absolute atomic E-state index is 0.106. The van der Waals surface area contributed by atoms with Gasteiger partial charge in [-0.3, -0.25) is 9.59 Å². The number of anilines is 1. The van der Waals surface area contributed by atoms with Crippen molar-refractivity contribution in [1.29, 1.82) is 0 Å². The lowest BCUT2D eigenvalue weighted by Gasteiger charge is -2.15. The number of hydrogen-bond acceptors (Lipinski definition) is 4. The van der Waals surface area contributed by atoms with Crippen molar-refractivity contribution < 1.29 is 14.0 Å². The predicted molar refractivity (Wildman–Crippen MR) is 93.8 cm³/mol. The molecule has 6 heteroatoms. The molecule has 2 heterocycles. The third kappa shape index (κ3) is 2.76. The van der Waals surface area contributed by atoms with Gasteiger partial charge in [-0.1, -0.05) is 17.7 Å². The average Bonchev–Trinajstić information content (AvgIpc) is 3.18. The van der Waals surface area contributed by atoms with Crippen molar-refractivity contribution in [1.82, 2.24) is 4.98 Å². The van der Waals surface area contributed by atoms with Gasteiger partial charge in [-0.25, -0.2) is 4.98 Å². The van der Waals surface area contributed by atoms with Gasteiger partial charge in [0.25, 0.3) is 0 Å². The number of amides is 2. The number of primary amides is 1. The number of rotatable bonds is 3. The lowest BCUT2D eigenvalue weighted by atomic mass is 10.1. The fourth-order valence-electron chi connectivity index (χ4n) is 3.05. The van der Waals surface area contributed by atoms with Crippen molar-refractivity contribution in [3.8, 4) is 11.5 Å². The second-order valence-electron chi connectivity index (χ2n) is 6.34. The molecule has 2 N–H and O–H groups in total. The molecule has 6 nitrogen and oxygen atoms in total. The van der Waals surface area contributed by atoms with Crippen LogP contribution in [-0.2, 0) is 9.59 Å². The maximum atomic E-state index is 12.2. The van der Waals surface area contributed by atoms with Gasteiger partial charge in [0.2, 0.25) is 17.7 Å². The van der Waals surface area contributed by atoms with Crippen LogP contribution < -0.4 is 10.6 Å². The highest BCUT2D eigenvalue weighted by Gasteiger charge is 2.34. The zero-order valence-corrected chi connectivity index (χ0v) is 13.7. The number of aromatic nitrogens is 1. The van der Waals surface area contributed by atoms with E-state index in [1.54, 1.807) is 23.1 Å². The molecule has 1 saturated heterocycles. The molecule has 0 radical (unpaired) electrons. The molecule has 0 bridgehead atoms. The summed E-state index contributed by atoms with van der Waals surface area (Å²) in [4.78, 5) is 29.6. The van der Waals surface area contributed by atoms with Gasteiger partial charge in [0.1, 0.15) is 5.52 Å². The van der Waals surface area contributed by atoms with Gasteiger partial charge in [0.05, 0.1) is 5.92 Å². The largest absolute Gasteiger partial charge is 0.436 e. The van der Waals surface area contributed by atoms with Gasteiger partial charge in [0.15, 0.2) is 5.58 Å². The fraction of sp³-hybridized carbons (Fsp3) is 0.211. The molecule has 4 rings (SSSR count). The number of nitrogens with zero attached hydrogens (tertiary/aromatic N) is 2. The van der Waals surface area contributed by atoms with Gasteiger partial charge >= 0.3 is 0 Å². The summed E-state index contributed by atoms with van der Waals surface area (Å²) in [6, 6.07) is 13.3. The summed E-state index contributed by atoms with van der Waals surface area (Å²) in [5, 5.41) is 0. The summed E-state index contributed by atoms with van der Waals surface area (Å²) in [6.07, 6.45) is 0.154. The van der Waals surface area contributed by atoms with Crippen LogP contribution in [0, 0.1) is 12.8 Å². The molecule has 126 valence electrons. The Morgan fingerprint density at radius 1 is 1.24 bits per heavy atom. The summed E-state index contributed by atoms with van der Waals surface area (Å²) >= 11 is 0. The number of benzene rings is 2. The molecule has 0 spiro atoms. The summed E-state index contributed by atoms with van der Waals surface area (Å²) in [5.41, 5.74) is 9.41. The molecule has 0 saturated carbocycles. The van der Waals surface area contributed by atoms with E-state index in [1.165, 1.54) is 5.56 Å². The van der Waals surface area contributed by atoms with Gasteiger partial charge in [-0.2, -0.15) is 0 Å². The average molecular weight is 335 g/mol. The molecule has 1 aliphatic heterocycles. The molecule has 0 aliphatic carbocycles. The molecule has 3 aromatic rings. The van der Waals surface area contributed by atoms with Crippen molar-refractivity contribution in [2.24, 2.45) is 11.7 Å². The van der Waals surface area contributed by atoms with Gasteiger partial charge in [-0.05, 0) is 37.3 Å². The second-order valence-corrected chi connectivity index (χ2v) is 6.34. The minimum atomic E-state index is -0.444. The summed E-state index contributed by atoms with van der Waals surface area (Å²) < 4.78 is 5.81. The first-order valence-electron chi connectivity index (χ1n) is 8.08. The van der Waals surface area contributed by atoms with E-state index in [2.05, 4.69) is 4.98 Å². The fourth-order valence-corrected chi connectivity index (χ4v) is 3.05. The Morgan fingerprint density at radius 3 is 2.68 bits per heavy atom. The highest BCUT2D eigenvalue weighted by Crippen LogP contribution is 2.30. The smallest absolute Gasteiger partial charge is 0.227 e. The van der Waals surface area contributed by atoms with E-state index in [0.29, 0.717) is 29.2 Å². The lowest BCUT2D eigenvalue weighted by molar-refractivity contribution is -0.123. The SMILES string of the molecule is Cc1ccc(-c2nc3cc(N4C[C@H](C(N)=O)CC4=O)ccc3o2)cc1. The van der Waals surface area contributed by atoms with Gasteiger partial charge in [0, 0.05) is 24.2 Å². The Kier molecular flexibility index (Phi) is 3.53. The van der Waals surface area contributed by atoms with E-state index < -0.39 is 11.8 Å². The van der Waals surface area contributed by atoms with Crippen LogP contribution in [0.3, 0.4) is 0 Å². The van der Waals surface area contributed by atoms with Gasteiger partial charge in [-0.15, -0.1) is 0 Å². The molecule has 2 amide bonds. The molecule has 1 fully saturated rings. The highest BCUT2D eigenvalue weighted by atomic mass is 16.3. The Labute approximate surface area is 144 Å². The van der Waals surface area contributed by atoms with E-state index in [9.17, 15) is 9.59 Å². The van der Waals surface area contributed by atoms with Crippen molar-refractivity contribution in [3.63, 3.8) is 0 Å². The van der Waals surface area contributed by atoms with E-state index in [1.807, 2.05) is 31.2 Å². The van der Waals surface area contributed by atoms with Crippen LogP contribution in [0.1, 0.15) is 12.0 Å². The number of fused-ring (bicyclic) bond motifs is 1. The normalized spacial score (nSPS) is 17.4. The third-order valence-corrected chi connectivity index (χ3v) is 4.51. The Hall–Kier alpha value is -3.15. The van der Waals surface area contributed by atoms with Gasteiger partial charge < -0.3 is 15.1 Å². The van der Waals surface area contributed by atoms with Crippen molar-refractivity contribution in [2.75, 3.05) is 11.4 Å². The van der Waals surface area contributed by atoms with Crippen LogP contribution in [0.15, 0.2) is 46.9 Å². The van der Waals surface area contributed by atoms with Crippen LogP contribution in [0.25, 0.3) is 22.6 Å². The second kappa shape index (κ2) is 5.73. The summed E-state index contributed by atoms with van der Waals surface area (Å²) in [6.45, 7) is 2.33. The first-order chi connectivity index (χ1) is 12.0. The van der Waals surface area contributed by atoms with Crippen LogP contribution in [0.4, 0.5) is 5.69 Å². The lowest BCUT2D eigenvalue weighted by Crippen LogP contribution is -2.28. The number of hydrogen-bond donors (Lipinski definition) is 1. The molecule has 2 aromatic carbocycles. The van der Waals surface area contributed by atoms with Crippen molar-refractivity contribution >= 4 is 28.6 Å². The Morgan fingerprint density at radius 2 is 2.00 bits per heavy atom. The van der Waals surface area contributed by atoms with E-state index in [-0.39, 0.29) is 12.3 Å². The first-order valence-corrected chi connectivity index (χ1v) is 8.08. The Balaban J connectivity index is 1.68. The predicted octanol–water partition coefficient (Wildman–Crippen LogP) is 2.64. The van der Waals surface area contributed by atoms with E-state index in [0.717, 1.165) is 5.56 Å². The van der Waals surface area contributed by atoms with Crippen LogP contribution in [0.5, 0.6) is 0 Å². The number of nitrogens with two attached hydrogens (primary N) is 1. The quantitative estimate of drug-likeness (QED) is 0.797. The zero-order chi connectivity index (χ0) is 17.6. The highest BCUT2D eigenvalue weighted by molar-refractivity contribution is 6.01. The maximum absolute atomic E-state index is 12.2. The molecule has 1 aromatic heterocycles. The molecule has 1 aliphatic rings. The summed E-state index contributed by atoms with van der Waals surface area (Å²) in [5.74, 6) is -0.455. The molecular formula is C19H17N3O3. The molecule has 1 atom stereocenters. The molecular weight excluding hydrogens is 318 g/mol.